The Morgan fingerprint density at radius 2 is 1.83 bits per heavy atom. The van der Waals surface area contributed by atoms with Gasteiger partial charge in [0.1, 0.15) is 29.3 Å². The highest BCUT2D eigenvalue weighted by atomic mass is 16.3. The average molecular weight is 308 g/mol. The molecular weight excluding hydrogens is 296 g/mol. The van der Waals surface area contributed by atoms with Gasteiger partial charge in [0.25, 0.3) is 0 Å². The lowest BCUT2D eigenvalue weighted by molar-refractivity contribution is -0.114. The molecule has 1 aromatic heterocycles. The van der Waals surface area contributed by atoms with Crippen molar-refractivity contribution in [2.45, 2.75) is 0 Å². The average Bonchev–Trinajstić information content (AvgIpc) is 2.76. The summed E-state index contributed by atoms with van der Waals surface area (Å²) in [5.41, 5.74) is 2.04. The summed E-state index contributed by atoms with van der Waals surface area (Å²) in [4.78, 5) is 16.2. The maximum Gasteiger partial charge on any atom is 0.246 e. The first kappa shape index (κ1) is 13.4. The Hall–Kier alpha value is -3.28. The van der Waals surface area contributed by atoms with E-state index in [1.165, 1.54) is 18.2 Å². The molecule has 4 rings (SSSR count). The molecule has 6 heteroatoms. The van der Waals surface area contributed by atoms with Gasteiger partial charge in [-0.15, -0.1) is 0 Å². The van der Waals surface area contributed by atoms with Gasteiger partial charge in [-0.3, -0.25) is 9.79 Å². The Labute approximate surface area is 130 Å². The maximum atomic E-state index is 11.9. The number of para-hydroxylation sites is 1. The first-order valence-electron chi connectivity index (χ1n) is 7.01. The van der Waals surface area contributed by atoms with Gasteiger partial charge in [-0.1, -0.05) is 12.1 Å². The van der Waals surface area contributed by atoms with E-state index in [0.717, 1.165) is 5.39 Å². The van der Waals surface area contributed by atoms with Crippen molar-refractivity contribution in [2.24, 2.45) is 4.99 Å². The predicted octanol–water partition coefficient (Wildman–Crippen LogP) is 2.63. The van der Waals surface area contributed by atoms with E-state index < -0.39 is 0 Å². The predicted molar refractivity (Wildman–Crippen MR) is 85.1 cm³/mol. The third kappa shape index (κ3) is 2.20. The van der Waals surface area contributed by atoms with E-state index in [9.17, 15) is 15.0 Å². The zero-order valence-corrected chi connectivity index (χ0v) is 11.9. The highest BCUT2D eigenvalue weighted by Crippen LogP contribution is 2.35. The molecule has 2 aromatic carbocycles. The van der Waals surface area contributed by atoms with E-state index in [1.807, 2.05) is 18.2 Å². The minimum absolute atomic E-state index is 0.0652. The fraction of sp³-hybridized carbons (Fsp3) is 0.0588. The van der Waals surface area contributed by atoms with Crippen LogP contribution in [0.25, 0.3) is 11.0 Å². The van der Waals surface area contributed by atoms with Crippen molar-refractivity contribution in [3.63, 3.8) is 0 Å². The third-order valence-corrected chi connectivity index (χ3v) is 3.63. The van der Waals surface area contributed by atoms with Crippen molar-refractivity contribution >= 4 is 28.3 Å². The number of hydrogen-bond donors (Lipinski definition) is 3. The van der Waals surface area contributed by atoms with E-state index in [-0.39, 0.29) is 24.0 Å². The molecule has 6 nitrogen and oxygen atoms in total. The van der Waals surface area contributed by atoms with Crippen LogP contribution in [-0.2, 0) is 4.79 Å². The SMILES string of the molecule is O=C1CN=C(c2cc(O)cc(O)c2)c2oc3ccccc3c2N1. The van der Waals surface area contributed by atoms with Gasteiger partial charge in [-0.25, -0.2) is 0 Å². The summed E-state index contributed by atoms with van der Waals surface area (Å²) in [6.45, 7) is -0.0652. The van der Waals surface area contributed by atoms with Crippen molar-refractivity contribution in [3.05, 3.63) is 53.8 Å². The number of fused-ring (bicyclic) bond motifs is 3. The number of hydrogen-bond acceptors (Lipinski definition) is 5. The van der Waals surface area contributed by atoms with Crippen LogP contribution >= 0.6 is 0 Å². The summed E-state index contributed by atoms with van der Waals surface area (Å²) in [6, 6.07) is 11.5. The fourth-order valence-electron chi connectivity index (χ4n) is 2.69. The van der Waals surface area contributed by atoms with Gasteiger partial charge in [0.2, 0.25) is 5.91 Å². The third-order valence-electron chi connectivity index (χ3n) is 3.63. The highest BCUT2D eigenvalue weighted by molar-refractivity contribution is 6.21. The number of nitrogens with zero attached hydrogens (tertiary/aromatic N) is 1. The molecule has 0 saturated carbocycles. The van der Waals surface area contributed by atoms with Gasteiger partial charge in [-0.05, 0) is 24.3 Å². The minimum Gasteiger partial charge on any atom is -0.508 e. The van der Waals surface area contributed by atoms with Crippen LogP contribution in [0.5, 0.6) is 11.5 Å². The highest BCUT2D eigenvalue weighted by Gasteiger charge is 2.25. The van der Waals surface area contributed by atoms with Crippen LogP contribution in [0.1, 0.15) is 11.3 Å². The van der Waals surface area contributed by atoms with Crippen molar-refractivity contribution in [3.8, 4) is 11.5 Å². The van der Waals surface area contributed by atoms with Crippen molar-refractivity contribution in [2.75, 3.05) is 11.9 Å². The number of aromatic hydroxyl groups is 2. The van der Waals surface area contributed by atoms with Gasteiger partial charge in [0, 0.05) is 17.0 Å². The molecule has 1 amide bonds. The molecule has 23 heavy (non-hydrogen) atoms. The number of nitrogens with one attached hydrogen (secondary N) is 1. The van der Waals surface area contributed by atoms with E-state index in [1.54, 1.807) is 6.07 Å². The van der Waals surface area contributed by atoms with Crippen molar-refractivity contribution in [1.29, 1.82) is 0 Å². The van der Waals surface area contributed by atoms with E-state index in [2.05, 4.69) is 10.3 Å². The molecule has 0 unspecified atom stereocenters. The lowest BCUT2D eigenvalue weighted by atomic mass is 10.1. The molecular formula is C17H12N2O4. The Bertz CT molecular complexity index is 952. The minimum atomic E-state index is -0.253. The van der Waals surface area contributed by atoms with Crippen molar-refractivity contribution < 1.29 is 19.4 Å². The standard InChI is InChI=1S/C17H12N2O4/c20-10-5-9(6-11(21)7-10)15-17-16(19-14(22)8-18-15)12-3-1-2-4-13(12)23-17/h1-7,20-21H,8H2,(H,19,22). The van der Waals surface area contributed by atoms with Crippen LogP contribution in [0.4, 0.5) is 5.69 Å². The maximum absolute atomic E-state index is 11.9. The summed E-state index contributed by atoms with van der Waals surface area (Å²) >= 11 is 0. The molecule has 3 N–H and O–H groups in total. The molecule has 1 aliphatic heterocycles. The number of benzene rings is 2. The summed E-state index contributed by atoms with van der Waals surface area (Å²) in [7, 11) is 0. The normalized spacial score (nSPS) is 14.1. The first-order chi connectivity index (χ1) is 11.1. The lowest BCUT2D eigenvalue weighted by Crippen LogP contribution is -2.13. The number of carbonyl (C=O) groups is 1. The van der Waals surface area contributed by atoms with E-state index >= 15 is 0 Å². The molecule has 2 heterocycles. The van der Waals surface area contributed by atoms with Crippen LogP contribution in [0.2, 0.25) is 0 Å². The number of amides is 1. The van der Waals surface area contributed by atoms with Crippen LogP contribution in [0, 0.1) is 0 Å². The van der Waals surface area contributed by atoms with Gasteiger partial charge < -0.3 is 19.9 Å². The second kappa shape index (κ2) is 4.88. The quantitative estimate of drug-likeness (QED) is 0.644. The molecule has 1 aliphatic rings. The number of furan rings is 1. The summed E-state index contributed by atoms with van der Waals surface area (Å²) < 4.78 is 5.86. The Morgan fingerprint density at radius 1 is 1.09 bits per heavy atom. The van der Waals surface area contributed by atoms with Crippen LogP contribution in [-0.4, -0.2) is 28.4 Å². The molecule has 3 aromatic rings. The second-order valence-corrected chi connectivity index (χ2v) is 5.25. The van der Waals surface area contributed by atoms with Crippen LogP contribution in [0.15, 0.2) is 51.9 Å². The lowest BCUT2D eigenvalue weighted by Gasteiger charge is -2.05. The molecule has 0 radical (unpaired) electrons. The molecule has 0 fully saturated rings. The number of phenols is 2. The molecule has 0 saturated heterocycles. The Kier molecular flexibility index (Phi) is 2.84. The zero-order valence-electron chi connectivity index (χ0n) is 11.9. The summed E-state index contributed by atoms with van der Waals surface area (Å²) in [6.07, 6.45) is 0. The molecule has 0 spiro atoms. The number of anilines is 1. The molecule has 114 valence electrons. The second-order valence-electron chi connectivity index (χ2n) is 5.25. The van der Waals surface area contributed by atoms with E-state index in [4.69, 9.17) is 4.42 Å². The number of carbonyl (C=O) groups excluding carboxylic acids is 1. The monoisotopic (exact) mass is 308 g/mol. The molecule has 0 atom stereocenters. The van der Waals surface area contributed by atoms with Gasteiger partial charge in [-0.2, -0.15) is 0 Å². The smallest absolute Gasteiger partial charge is 0.246 e. The first-order valence-corrected chi connectivity index (χ1v) is 7.01. The fourth-order valence-corrected chi connectivity index (χ4v) is 2.69. The van der Waals surface area contributed by atoms with Crippen LogP contribution in [0.3, 0.4) is 0 Å². The number of phenolic OH excluding ortho intramolecular Hbond substituents is 2. The Balaban J connectivity index is 1.99. The van der Waals surface area contributed by atoms with Gasteiger partial charge in [0.15, 0.2) is 5.76 Å². The number of rotatable bonds is 1. The molecule has 0 aliphatic carbocycles. The van der Waals surface area contributed by atoms with Gasteiger partial charge in [0.05, 0.1) is 5.69 Å². The number of aliphatic imine (C=N–C) groups is 1. The topological polar surface area (TPSA) is 95.1 Å². The van der Waals surface area contributed by atoms with Crippen LogP contribution < -0.4 is 5.32 Å². The largest absolute Gasteiger partial charge is 0.508 e. The zero-order chi connectivity index (χ0) is 16.0. The Morgan fingerprint density at radius 3 is 2.61 bits per heavy atom. The van der Waals surface area contributed by atoms with E-state index in [0.29, 0.717) is 28.3 Å². The van der Waals surface area contributed by atoms with Crippen molar-refractivity contribution in [1.82, 2.24) is 0 Å². The van der Waals surface area contributed by atoms with Gasteiger partial charge >= 0.3 is 0 Å². The molecule has 0 bridgehead atoms. The summed E-state index contributed by atoms with van der Waals surface area (Å²) in [5, 5.41) is 23.0. The summed E-state index contributed by atoms with van der Waals surface area (Å²) in [5.74, 6) is -0.0352.